The average Bonchev–Trinajstić information content (AvgIpc) is 2.57. The zero-order chi connectivity index (χ0) is 18.2. The number of hydrogen-bond acceptors (Lipinski definition) is 3. The van der Waals surface area contributed by atoms with Crippen molar-refractivity contribution in [2.45, 2.75) is 27.2 Å². The molecule has 1 amide bonds. The maximum atomic E-state index is 12.0. The minimum absolute atomic E-state index is 0.0704. The van der Waals surface area contributed by atoms with Gasteiger partial charge >= 0.3 is 0 Å². The van der Waals surface area contributed by atoms with Crippen molar-refractivity contribution >= 4 is 23.2 Å². The number of aryl methyl sites for hydroxylation is 1. The molecule has 134 valence electrons. The summed E-state index contributed by atoms with van der Waals surface area (Å²) in [6, 6.07) is 12.7. The molecule has 5 heteroatoms. The monoisotopic (exact) mass is 361 g/mol. The van der Waals surface area contributed by atoms with Gasteiger partial charge in [0.1, 0.15) is 11.5 Å². The molecule has 0 radical (unpaired) electrons. The quantitative estimate of drug-likeness (QED) is 0.712. The van der Waals surface area contributed by atoms with Crippen LogP contribution < -0.4 is 14.8 Å². The first kappa shape index (κ1) is 19.1. The highest BCUT2D eigenvalue weighted by Gasteiger charge is 2.06. The first-order valence-corrected chi connectivity index (χ1v) is 8.73. The average molecular weight is 362 g/mol. The van der Waals surface area contributed by atoms with Gasteiger partial charge in [-0.05, 0) is 61.2 Å². The first-order chi connectivity index (χ1) is 11.9. The zero-order valence-corrected chi connectivity index (χ0v) is 15.6. The molecule has 4 nitrogen and oxygen atoms in total. The molecule has 2 rings (SSSR count). The number of benzene rings is 2. The molecule has 0 spiro atoms. The Morgan fingerprint density at radius 1 is 1.08 bits per heavy atom. The summed E-state index contributed by atoms with van der Waals surface area (Å²) in [5, 5.41) is 3.37. The highest BCUT2D eigenvalue weighted by Crippen LogP contribution is 2.20. The Bertz CT molecular complexity index is 699. The third-order valence-electron chi connectivity index (χ3n) is 3.61. The fraction of sp³-hybridized carbons (Fsp3) is 0.350. The van der Waals surface area contributed by atoms with E-state index in [0.29, 0.717) is 29.0 Å². The molecule has 0 atom stereocenters. The second kappa shape index (κ2) is 9.33. The molecule has 0 saturated heterocycles. The summed E-state index contributed by atoms with van der Waals surface area (Å²) in [6.07, 6.45) is 1.02. The van der Waals surface area contributed by atoms with Gasteiger partial charge in [0.2, 0.25) is 0 Å². The molecule has 25 heavy (non-hydrogen) atoms. The van der Waals surface area contributed by atoms with Crippen LogP contribution in [0.25, 0.3) is 0 Å². The van der Waals surface area contributed by atoms with Crippen molar-refractivity contribution in [3.05, 3.63) is 53.1 Å². The van der Waals surface area contributed by atoms with E-state index in [4.69, 9.17) is 21.1 Å². The summed E-state index contributed by atoms with van der Waals surface area (Å²) in [4.78, 5) is 12.0. The van der Waals surface area contributed by atoms with Crippen molar-refractivity contribution in [2.24, 2.45) is 5.92 Å². The summed E-state index contributed by atoms with van der Waals surface area (Å²) in [7, 11) is 0. The Morgan fingerprint density at radius 3 is 2.32 bits per heavy atom. The molecule has 0 heterocycles. The molecule has 1 N–H and O–H groups in total. The zero-order valence-electron chi connectivity index (χ0n) is 14.8. The molecule has 0 saturated carbocycles. The number of halogens is 1. The SMILES string of the molecule is Cc1ccc(NC(=O)COc2ccc(OCCC(C)C)cc2)cc1Cl. The van der Waals surface area contributed by atoms with Crippen LogP contribution in [0, 0.1) is 12.8 Å². The van der Waals surface area contributed by atoms with E-state index in [9.17, 15) is 4.79 Å². The number of amides is 1. The van der Waals surface area contributed by atoms with Crippen molar-refractivity contribution in [2.75, 3.05) is 18.5 Å². The Balaban J connectivity index is 1.78. The van der Waals surface area contributed by atoms with Crippen molar-refractivity contribution in [3.8, 4) is 11.5 Å². The number of ether oxygens (including phenoxy) is 2. The molecule has 0 bridgehead atoms. The van der Waals surface area contributed by atoms with E-state index >= 15 is 0 Å². The summed E-state index contributed by atoms with van der Waals surface area (Å²) in [5.41, 5.74) is 1.62. The van der Waals surface area contributed by atoms with Crippen LogP contribution in [0.5, 0.6) is 11.5 Å². The largest absolute Gasteiger partial charge is 0.494 e. The summed E-state index contributed by atoms with van der Waals surface area (Å²) < 4.78 is 11.1. The standard InChI is InChI=1S/C20H24ClNO3/c1-14(2)10-11-24-17-6-8-18(9-7-17)25-13-20(23)22-16-5-4-15(3)19(21)12-16/h4-9,12,14H,10-11,13H2,1-3H3,(H,22,23). The molecule has 0 aromatic heterocycles. The Labute approximate surface area is 154 Å². The highest BCUT2D eigenvalue weighted by atomic mass is 35.5. The summed E-state index contributed by atoms with van der Waals surface area (Å²) in [6.45, 7) is 6.86. The molecule has 0 aliphatic heterocycles. The fourth-order valence-corrected chi connectivity index (χ4v) is 2.24. The van der Waals surface area contributed by atoms with E-state index in [2.05, 4.69) is 19.2 Å². The van der Waals surface area contributed by atoms with E-state index in [1.807, 2.05) is 31.2 Å². The Hall–Kier alpha value is -2.20. The molecular formula is C20H24ClNO3. The fourth-order valence-electron chi connectivity index (χ4n) is 2.06. The normalized spacial score (nSPS) is 10.6. The first-order valence-electron chi connectivity index (χ1n) is 8.35. The van der Waals surface area contributed by atoms with Gasteiger partial charge in [0.15, 0.2) is 6.61 Å². The predicted octanol–water partition coefficient (Wildman–Crippen LogP) is 5.09. The van der Waals surface area contributed by atoms with Gasteiger partial charge in [-0.1, -0.05) is 31.5 Å². The van der Waals surface area contributed by atoms with Gasteiger partial charge in [0, 0.05) is 10.7 Å². The molecule has 0 fully saturated rings. The number of hydrogen-bond donors (Lipinski definition) is 1. The van der Waals surface area contributed by atoms with Crippen LogP contribution in [0.3, 0.4) is 0 Å². The number of carbonyl (C=O) groups excluding carboxylic acids is 1. The van der Waals surface area contributed by atoms with Crippen LogP contribution in [0.15, 0.2) is 42.5 Å². The topological polar surface area (TPSA) is 47.6 Å². The molecular weight excluding hydrogens is 338 g/mol. The van der Waals surface area contributed by atoms with Gasteiger partial charge in [-0.2, -0.15) is 0 Å². The third kappa shape index (κ3) is 6.67. The van der Waals surface area contributed by atoms with E-state index < -0.39 is 0 Å². The highest BCUT2D eigenvalue weighted by molar-refractivity contribution is 6.31. The van der Waals surface area contributed by atoms with Gasteiger partial charge < -0.3 is 14.8 Å². The van der Waals surface area contributed by atoms with Crippen LogP contribution in [0.4, 0.5) is 5.69 Å². The summed E-state index contributed by atoms with van der Waals surface area (Å²) in [5.74, 6) is 1.79. The van der Waals surface area contributed by atoms with Gasteiger partial charge in [-0.3, -0.25) is 4.79 Å². The van der Waals surface area contributed by atoms with Crippen LogP contribution in [-0.2, 0) is 4.79 Å². The molecule has 0 aliphatic rings. The summed E-state index contributed by atoms with van der Waals surface area (Å²) >= 11 is 6.04. The van der Waals surface area contributed by atoms with Crippen molar-refractivity contribution in [1.82, 2.24) is 0 Å². The number of nitrogens with one attached hydrogen (secondary N) is 1. The van der Waals surface area contributed by atoms with Gasteiger partial charge in [0.25, 0.3) is 5.91 Å². The van der Waals surface area contributed by atoms with E-state index in [1.165, 1.54) is 0 Å². The van der Waals surface area contributed by atoms with Crippen LogP contribution >= 0.6 is 11.6 Å². The lowest BCUT2D eigenvalue weighted by Gasteiger charge is -2.10. The Kier molecular flexibility index (Phi) is 7.14. The second-order valence-electron chi connectivity index (χ2n) is 6.30. The smallest absolute Gasteiger partial charge is 0.262 e. The van der Waals surface area contributed by atoms with Gasteiger partial charge in [-0.15, -0.1) is 0 Å². The second-order valence-corrected chi connectivity index (χ2v) is 6.71. The van der Waals surface area contributed by atoms with Crippen molar-refractivity contribution in [1.29, 1.82) is 0 Å². The van der Waals surface area contributed by atoms with Gasteiger partial charge in [-0.25, -0.2) is 0 Å². The van der Waals surface area contributed by atoms with Crippen molar-refractivity contribution in [3.63, 3.8) is 0 Å². The maximum Gasteiger partial charge on any atom is 0.262 e. The van der Waals surface area contributed by atoms with E-state index in [1.54, 1.807) is 18.2 Å². The minimum atomic E-state index is -0.239. The molecule has 0 unspecified atom stereocenters. The van der Waals surface area contributed by atoms with E-state index in [0.717, 1.165) is 17.7 Å². The van der Waals surface area contributed by atoms with Gasteiger partial charge in [0.05, 0.1) is 6.61 Å². The molecule has 2 aromatic rings. The number of rotatable bonds is 8. The van der Waals surface area contributed by atoms with Crippen LogP contribution in [-0.4, -0.2) is 19.1 Å². The lowest BCUT2D eigenvalue weighted by Crippen LogP contribution is -2.20. The lowest BCUT2D eigenvalue weighted by molar-refractivity contribution is -0.118. The number of carbonyl (C=O) groups is 1. The number of anilines is 1. The van der Waals surface area contributed by atoms with Crippen LogP contribution in [0.2, 0.25) is 5.02 Å². The van der Waals surface area contributed by atoms with E-state index in [-0.39, 0.29) is 12.5 Å². The molecule has 0 aliphatic carbocycles. The lowest BCUT2D eigenvalue weighted by atomic mass is 10.1. The Morgan fingerprint density at radius 2 is 1.72 bits per heavy atom. The third-order valence-corrected chi connectivity index (χ3v) is 4.02. The maximum absolute atomic E-state index is 12.0. The van der Waals surface area contributed by atoms with Crippen molar-refractivity contribution < 1.29 is 14.3 Å². The molecule has 2 aromatic carbocycles. The minimum Gasteiger partial charge on any atom is -0.494 e. The van der Waals surface area contributed by atoms with Crippen LogP contribution in [0.1, 0.15) is 25.8 Å². The predicted molar refractivity (Wildman–Crippen MR) is 102 cm³/mol.